The number of nitrogens with zero attached hydrogens (tertiary/aromatic N) is 1. The molecule has 1 amide bonds. The van der Waals surface area contributed by atoms with Crippen LogP contribution in [0.1, 0.15) is 79.8 Å². The van der Waals surface area contributed by atoms with E-state index in [1.165, 1.54) is 0 Å². The first kappa shape index (κ1) is 32.3. The number of amides is 1. The molecule has 230 valence electrons. The van der Waals surface area contributed by atoms with Crippen LogP contribution in [0.15, 0.2) is 78.9 Å². The molecule has 3 aromatic rings. The van der Waals surface area contributed by atoms with Gasteiger partial charge in [-0.2, -0.15) is 0 Å². The SMILES string of the molecule is C[C@H]([C@@H](O)c1ccccc1)N(C)C[C@H]1C[C@@H](c2ccc(CO)cc2)O[C@@H](c2ccc(NC(=O)CCCCC(=O)O)cc2)O1. The Balaban J connectivity index is 1.44. The van der Waals surface area contributed by atoms with Crippen LogP contribution in [-0.4, -0.2) is 57.8 Å². The molecule has 0 radical (unpaired) electrons. The Bertz CT molecular complexity index is 1300. The number of aliphatic hydroxyl groups excluding tert-OH is 2. The molecule has 3 aromatic carbocycles. The number of ether oxygens (including phenoxy) is 2. The number of carboxylic acid groups (broad SMARTS) is 1. The fourth-order valence-corrected chi connectivity index (χ4v) is 5.20. The number of nitrogens with one attached hydrogen (secondary N) is 1. The number of unbranched alkanes of at least 4 members (excludes halogenated alkanes) is 1. The van der Waals surface area contributed by atoms with Gasteiger partial charge < -0.3 is 30.1 Å². The van der Waals surface area contributed by atoms with E-state index in [0.29, 0.717) is 31.5 Å². The minimum absolute atomic E-state index is 0.0299. The van der Waals surface area contributed by atoms with Gasteiger partial charge in [0.2, 0.25) is 5.91 Å². The van der Waals surface area contributed by atoms with Crippen LogP contribution in [0, 0.1) is 0 Å². The standard InChI is InChI=1S/C34H42N2O7/c1-23(33(41)26-8-4-3-5-9-26)36(2)21-29-20-30(25-14-12-24(22-37)13-15-25)43-34(42-29)27-16-18-28(19-17-27)35-31(38)10-6-7-11-32(39)40/h3-5,8-9,12-19,23,29-30,33-34,37,41H,6-7,10-11,20-22H2,1-2H3,(H,35,38)(H,39,40)/t23-,29-,30+,33-,34+/m1/s1. The van der Waals surface area contributed by atoms with Gasteiger partial charge in [0, 0.05) is 43.1 Å². The van der Waals surface area contributed by atoms with Gasteiger partial charge in [0.15, 0.2) is 6.29 Å². The topological polar surface area (TPSA) is 129 Å². The van der Waals surface area contributed by atoms with Crippen LogP contribution in [0.25, 0.3) is 0 Å². The molecule has 0 unspecified atom stereocenters. The van der Waals surface area contributed by atoms with Gasteiger partial charge in [-0.25, -0.2) is 0 Å². The van der Waals surface area contributed by atoms with Crippen molar-refractivity contribution >= 4 is 17.6 Å². The monoisotopic (exact) mass is 590 g/mol. The van der Waals surface area contributed by atoms with Gasteiger partial charge in [0.25, 0.3) is 0 Å². The van der Waals surface area contributed by atoms with Crippen LogP contribution in [-0.2, 0) is 25.7 Å². The number of carbonyl (C=O) groups is 2. The van der Waals surface area contributed by atoms with Gasteiger partial charge in [-0.3, -0.25) is 14.5 Å². The summed E-state index contributed by atoms with van der Waals surface area (Å²) in [5.41, 5.74) is 4.12. The van der Waals surface area contributed by atoms with E-state index >= 15 is 0 Å². The highest BCUT2D eigenvalue weighted by atomic mass is 16.7. The predicted octanol–water partition coefficient (Wildman–Crippen LogP) is 5.36. The summed E-state index contributed by atoms with van der Waals surface area (Å²) in [6.45, 7) is 2.54. The zero-order valence-electron chi connectivity index (χ0n) is 24.8. The Kier molecular flexibility index (Phi) is 11.8. The van der Waals surface area contributed by atoms with Crippen molar-refractivity contribution in [2.45, 2.75) is 76.3 Å². The summed E-state index contributed by atoms with van der Waals surface area (Å²) in [5.74, 6) is -1.02. The molecule has 1 aliphatic rings. The zero-order chi connectivity index (χ0) is 30.8. The van der Waals surface area contributed by atoms with E-state index in [-0.39, 0.29) is 43.6 Å². The Morgan fingerprint density at radius 1 is 0.930 bits per heavy atom. The Morgan fingerprint density at radius 3 is 2.23 bits per heavy atom. The summed E-state index contributed by atoms with van der Waals surface area (Å²) >= 11 is 0. The van der Waals surface area contributed by atoms with E-state index in [0.717, 1.165) is 22.3 Å². The average molecular weight is 591 g/mol. The maximum atomic E-state index is 12.3. The van der Waals surface area contributed by atoms with Gasteiger partial charge in [-0.15, -0.1) is 0 Å². The summed E-state index contributed by atoms with van der Waals surface area (Å²) in [6.07, 6.45) is 0.162. The van der Waals surface area contributed by atoms with Crippen molar-refractivity contribution in [3.8, 4) is 0 Å². The number of carboxylic acids is 1. The molecule has 43 heavy (non-hydrogen) atoms. The van der Waals surface area contributed by atoms with E-state index < -0.39 is 18.4 Å². The number of likely N-dealkylation sites (N-methyl/N-ethyl adjacent to an activating group) is 1. The highest BCUT2D eigenvalue weighted by Gasteiger charge is 2.34. The largest absolute Gasteiger partial charge is 0.481 e. The van der Waals surface area contributed by atoms with Crippen LogP contribution >= 0.6 is 0 Å². The number of anilines is 1. The lowest BCUT2D eigenvalue weighted by molar-refractivity contribution is -0.253. The lowest BCUT2D eigenvalue weighted by Gasteiger charge is -2.39. The maximum Gasteiger partial charge on any atom is 0.303 e. The molecule has 0 saturated carbocycles. The molecule has 9 heteroatoms. The highest BCUT2D eigenvalue weighted by molar-refractivity contribution is 5.90. The number of hydrogen-bond acceptors (Lipinski definition) is 7. The van der Waals surface area contributed by atoms with Crippen LogP contribution in [0.2, 0.25) is 0 Å². The Labute approximate surface area is 253 Å². The molecule has 4 N–H and O–H groups in total. The van der Waals surface area contributed by atoms with Gasteiger partial charge in [0.1, 0.15) is 0 Å². The van der Waals surface area contributed by atoms with Gasteiger partial charge in [-0.05, 0) is 55.6 Å². The minimum atomic E-state index is -0.860. The second kappa shape index (κ2) is 15.7. The molecular formula is C34H42N2O7. The molecule has 0 aliphatic carbocycles. The molecule has 1 saturated heterocycles. The van der Waals surface area contributed by atoms with Crippen molar-refractivity contribution in [1.82, 2.24) is 4.90 Å². The number of carbonyl (C=O) groups excluding carboxylic acids is 1. The van der Waals surface area contributed by atoms with Crippen LogP contribution in [0.4, 0.5) is 5.69 Å². The lowest BCUT2D eigenvalue weighted by atomic mass is 9.98. The maximum absolute atomic E-state index is 12.3. The average Bonchev–Trinajstić information content (AvgIpc) is 3.03. The predicted molar refractivity (Wildman–Crippen MR) is 163 cm³/mol. The Morgan fingerprint density at radius 2 is 1.58 bits per heavy atom. The molecule has 0 bridgehead atoms. The van der Waals surface area contributed by atoms with E-state index in [4.69, 9.17) is 14.6 Å². The van der Waals surface area contributed by atoms with Crippen molar-refractivity contribution < 1.29 is 34.4 Å². The van der Waals surface area contributed by atoms with Gasteiger partial charge in [-0.1, -0.05) is 66.7 Å². The molecule has 4 rings (SSSR count). The van der Waals surface area contributed by atoms with Crippen LogP contribution in [0.5, 0.6) is 0 Å². The fourth-order valence-electron chi connectivity index (χ4n) is 5.20. The summed E-state index contributed by atoms with van der Waals surface area (Å²) in [6, 6.07) is 24.5. The molecule has 1 heterocycles. The molecular weight excluding hydrogens is 548 g/mol. The number of aliphatic hydroxyl groups is 2. The normalized spacial score (nSPS) is 20.0. The van der Waals surface area contributed by atoms with Gasteiger partial charge in [0.05, 0.1) is 24.9 Å². The number of aliphatic carboxylic acids is 1. The van der Waals surface area contributed by atoms with Crippen molar-refractivity contribution in [1.29, 1.82) is 0 Å². The third-order valence-electron chi connectivity index (χ3n) is 7.91. The lowest BCUT2D eigenvalue weighted by Crippen LogP contribution is -2.43. The summed E-state index contributed by atoms with van der Waals surface area (Å²) in [4.78, 5) is 25.1. The fraction of sp³-hybridized carbons (Fsp3) is 0.412. The van der Waals surface area contributed by atoms with Crippen LogP contribution in [0.3, 0.4) is 0 Å². The highest BCUT2D eigenvalue weighted by Crippen LogP contribution is 2.38. The first-order valence-corrected chi connectivity index (χ1v) is 14.8. The van der Waals surface area contributed by atoms with E-state index in [1.807, 2.05) is 80.7 Å². The molecule has 9 nitrogen and oxygen atoms in total. The van der Waals surface area contributed by atoms with Crippen molar-refractivity contribution in [3.63, 3.8) is 0 Å². The van der Waals surface area contributed by atoms with Crippen molar-refractivity contribution in [3.05, 3.63) is 101 Å². The van der Waals surface area contributed by atoms with E-state index in [2.05, 4.69) is 10.2 Å². The molecule has 0 aromatic heterocycles. The molecule has 5 atom stereocenters. The van der Waals surface area contributed by atoms with Crippen LogP contribution < -0.4 is 5.32 Å². The molecule has 1 aliphatic heterocycles. The third-order valence-corrected chi connectivity index (χ3v) is 7.91. The molecule has 0 spiro atoms. The van der Waals surface area contributed by atoms with Gasteiger partial charge >= 0.3 is 5.97 Å². The summed E-state index contributed by atoms with van der Waals surface area (Å²) in [7, 11) is 1.98. The second-order valence-electron chi connectivity index (χ2n) is 11.2. The van der Waals surface area contributed by atoms with Crippen molar-refractivity contribution in [2.75, 3.05) is 18.9 Å². The minimum Gasteiger partial charge on any atom is -0.481 e. The first-order valence-electron chi connectivity index (χ1n) is 14.8. The second-order valence-corrected chi connectivity index (χ2v) is 11.2. The zero-order valence-corrected chi connectivity index (χ0v) is 24.8. The number of benzene rings is 3. The van der Waals surface area contributed by atoms with Crippen molar-refractivity contribution in [2.24, 2.45) is 0 Å². The quantitative estimate of drug-likeness (QED) is 0.185. The summed E-state index contributed by atoms with van der Waals surface area (Å²) < 4.78 is 12.9. The third kappa shape index (κ3) is 9.44. The van der Waals surface area contributed by atoms with E-state index in [1.54, 1.807) is 12.1 Å². The number of rotatable bonds is 14. The molecule has 1 fully saturated rings. The summed E-state index contributed by atoms with van der Waals surface area (Å²) in [5, 5.41) is 32.1. The van der Waals surface area contributed by atoms with E-state index in [9.17, 15) is 19.8 Å². The smallest absolute Gasteiger partial charge is 0.303 e. The Hall–Kier alpha value is -3.60. The first-order chi connectivity index (χ1) is 20.7. The number of hydrogen-bond donors (Lipinski definition) is 4.